The summed E-state index contributed by atoms with van der Waals surface area (Å²) in [5.74, 6) is 5.09. The van der Waals surface area contributed by atoms with E-state index in [1.54, 1.807) is 5.92 Å². The van der Waals surface area contributed by atoms with Gasteiger partial charge in [0.25, 0.3) is 0 Å². The van der Waals surface area contributed by atoms with Gasteiger partial charge in [0, 0.05) is 5.41 Å². The molecule has 0 bridgehead atoms. The van der Waals surface area contributed by atoms with Crippen molar-refractivity contribution in [3.05, 3.63) is 5.92 Å². The fraction of sp³-hybridized carbons (Fsp3) is 0.667. The first-order valence-electron chi connectivity index (χ1n) is 3.38. The molecule has 0 N–H and O–H groups in total. The maximum Gasteiger partial charge on any atom is 0.0289 e. The van der Waals surface area contributed by atoms with Crippen LogP contribution in [0, 0.1) is 29.6 Å². The van der Waals surface area contributed by atoms with Gasteiger partial charge in [-0.25, -0.2) is 0 Å². The second-order valence-corrected chi connectivity index (χ2v) is 3.47. The lowest BCUT2D eigenvalue weighted by atomic mass is 9.87. The van der Waals surface area contributed by atoms with E-state index >= 15 is 0 Å². The van der Waals surface area contributed by atoms with Crippen molar-refractivity contribution in [1.29, 1.82) is 0 Å². The summed E-state index contributed by atoms with van der Waals surface area (Å²) < 4.78 is 0. The Kier molecular flexibility index (Phi) is 1.31. The monoisotopic (exact) mass is 121 g/mol. The molecule has 1 aliphatic rings. The number of rotatable bonds is 1. The van der Waals surface area contributed by atoms with Crippen molar-refractivity contribution in [2.75, 3.05) is 0 Å². The lowest BCUT2D eigenvalue weighted by Crippen LogP contribution is -2.10. The first kappa shape index (κ1) is 6.68. The van der Waals surface area contributed by atoms with Crippen molar-refractivity contribution in [2.24, 2.45) is 11.3 Å². The molecular formula is C9H13. The molecular weight excluding hydrogens is 108 g/mol. The Balaban J connectivity index is 2.54. The van der Waals surface area contributed by atoms with Crippen LogP contribution >= 0.6 is 0 Å². The van der Waals surface area contributed by atoms with Crippen LogP contribution < -0.4 is 0 Å². The molecule has 0 amide bonds. The summed E-state index contributed by atoms with van der Waals surface area (Å²) in [5.41, 5.74) is 0.115. The number of hydrogen-bond acceptors (Lipinski definition) is 0. The number of terminal acetylenes is 1. The molecule has 1 fully saturated rings. The summed E-state index contributed by atoms with van der Waals surface area (Å²) >= 11 is 0. The van der Waals surface area contributed by atoms with Crippen molar-refractivity contribution < 1.29 is 0 Å². The minimum Gasteiger partial charge on any atom is -0.120 e. The average Bonchev–Trinajstić information content (AvgIpc) is 2.47. The second kappa shape index (κ2) is 1.77. The maximum absolute atomic E-state index is 5.35. The number of hydrogen-bond donors (Lipinski definition) is 0. The van der Waals surface area contributed by atoms with Gasteiger partial charge in [-0.1, -0.05) is 6.92 Å². The van der Waals surface area contributed by atoms with E-state index in [0.717, 1.165) is 0 Å². The fourth-order valence-corrected chi connectivity index (χ4v) is 1.23. The van der Waals surface area contributed by atoms with E-state index in [1.807, 2.05) is 0 Å². The zero-order valence-electron chi connectivity index (χ0n) is 6.36. The van der Waals surface area contributed by atoms with Crippen molar-refractivity contribution >= 4 is 0 Å². The minimum absolute atomic E-state index is 0.115. The van der Waals surface area contributed by atoms with Gasteiger partial charge in [0.1, 0.15) is 0 Å². The molecule has 1 atom stereocenters. The molecule has 0 nitrogen and oxygen atoms in total. The summed E-state index contributed by atoms with van der Waals surface area (Å²) in [6.07, 6.45) is 6.59. The van der Waals surface area contributed by atoms with E-state index in [9.17, 15) is 0 Å². The molecule has 0 heteroatoms. The molecule has 0 aliphatic heterocycles. The van der Waals surface area contributed by atoms with Gasteiger partial charge >= 0.3 is 0 Å². The van der Waals surface area contributed by atoms with Crippen LogP contribution in [0.1, 0.15) is 27.2 Å². The van der Waals surface area contributed by atoms with Crippen LogP contribution in [0.4, 0.5) is 0 Å². The van der Waals surface area contributed by atoms with Gasteiger partial charge in [-0.2, -0.15) is 0 Å². The zero-order chi connectivity index (χ0) is 7.07. The Hall–Kier alpha value is -0.440. The summed E-state index contributed by atoms with van der Waals surface area (Å²) in [4.78, 5) is 0. The highest BCUT2D eigenvalue weighted by Gasteiger charge is 2.43. The van der Waals surface area contributed by atoms with Crippen LogP contribution in [0.5, 0.6) is 0 Å². The quantitative estimate of drug-likeness (QED) is 0.467. The van der Waals surface area contributed by atoms with Gasteiger partial charge in [-0.15, -0.1) is 12.3 Å². The molecule has 1 saturated carbocycles. The lowest BCUT2D eigenvalue weighted by Gasteiger charge is -2.15. The molecule has 1 unspecified atom stereocenters. The molecule has 9 heavy (non-hydrogen) atoms. The van der Waals surface area contributed by atoms with Crippen LogP contribution in [0.2, 0.25) is 0 Å². The predicted octanol–water partition coefficient (Wildman–Crippen LogP) is 2.26. The van der Waals surface area contributed by atoms with E-state index in [4.69, 9.17) is 6.42 Å². The van der Waals surface area contributed by atoms with E-state index in [0.29, 0.717) is 5.92 Å². The van der Waals surface area contributed by atoms with Gasteiger partial charge in [0.15, 0.2) is 0 Å². The highest BCUT2D eigenvalue weighted by Crippen LogP contribution is 2.51. The molecule has 0 aromatic carbocycles. The molecule has 0 aromatic heterocycles. The normalized spacial score (nSPS) is 27.6. The molecule has 1 rings (SSSR count). The van der Waals surface area contributed by atoms with E-state index in [2.05, 4.69) is 26.7 Å². The van der Waals surface area contributed by atoms with Gasteiger partial charge in [0.05, 0.1) is 0 Å². The van der Waals surface area contributed by atoms with Crippen molar-refractivity contribution in [2.45, 2.75) is 27.2 Å². The van der Waals surface area contributed by atoms with Crippen LogP contribution in [0.3, 0.4) is 0 Å². The standard InChI is InChI=1S/C9H13/c1-5-9(3,4)8-6-7(8)2/h1,8H,6H2,2-4H3. The molecule has 1 radical (unpaired) electrons. The largest absolute Gasteiger partial charge is 0.120 e. The Bertz CT molecular complexity index is 148. The molecule has 1 aliphatic carbocycles. The minimum atomic E-state index is 0.115. The Labute approximate surface area is 57.7 Å². The summed E-state index contributed by atoms with van der Waals surface area (Å²) in [5, 5.41) is 0. The molecule has 0 saturated heterocycles. The smallest absolute Gasteiger partial charge is 0.0289 e. The highest BCUT2D eigenvalue weighted by atomic mass is 14.5. The molecule has 49 valence electrons. The van der Waals surface area contributed by atoms with E-state index < -0.39 is 0 Å². The average molecular weight is 121 g/mol. The first-order valence-corrected chi connectivity index (χ1v) is 3.38. The zero-order valence-corrected chi connectivity index (χ0v) is 6.36. The third kappa shape index (κ3) is 1.10. The van der Waals surface area contributed by atoms with E-state index in [1.165, 1.54) is 6.42 Å². The molecule has 0 spiro atoms. The Morgan fingerprint density at radius 3 is 2.22 bits per heavy atom. The summed E-state index contributed by atoms with van der Waals surface area (Å²) in [7, 11) is 0. The third-order valence-electron chi connectivity index (χ3n) is 2.20. The van der Waals surface area contributed by atoms with Crippen LogP contribution in [0.15, 0.2) is 0 Å². The van der Waals surface area contributed by atoms with Gasteiger partial charge in [-0.3, -0.25) is 0 Å². The van der Waals surface area contributed by atoms with Crippen molar-refractivity contribution in [3.63, 3.8) is 0 Å². The van der Waals surface area contributed by atoms with Crippen molar-refractivity contribution in [1.82, 2.24) is 0 Å². The Morgan fingerprint density at radius 1 is 1.67 bits per heavy atom. The molecule has 0 aromatic rings. The topological polar surface area (TPSA) is 0 Å². The Morgan fingerprint density at radius 2 is 2.11 bits per heavy atom. The first-order chi connectivity index (χ1) is 4.08. The van der Waals surface area contributed by atoms with Crippen molar-refractivity contribution in [3.8, 4) is 12.3 Å². The predicted molar refractivity (Wildman–Crippen MR) is 39.6 cm³/mol. The van der Waals surface area contributed by atoms with Crippen LogP contribution in [-0.2, 0) is 0 Å². The second-order valence-electron chi connectivity index (χ2n) is 3.47. The third-order valence-corrected chi connectivity index (χ3v) is 2.20. The van der Waals surface area contributed by atoms with Crippen LogP contribution in [-0.4, -0.2) is 0 Å². The summed E-state index contributed by atoms with van der Waals surface area (Å²) in [6, 6.07) is 0. The van der Waals surface area contributed by atoms with Crippen LogP contribution in [0.25, 0.3) is 0 Å². The fourth-order valence-electron chi connectivity index (χ4n) is 1.23. The van der Waals surface area contributed by atoms with E-state index in [-0.39, 0.29) is 5.41 Å². The van der Waals surface area contributed by atoms with Gasteiger partial charge in [-0.05, 0) is 32.1 Å². The lowest BCUT2D eigenvalue weighted by molar-refractivity contribution is 0.438. The highest BCUT2D eigenvalue weighted by molar-refractivity contribution is 5.22. The SMILES string of the molecule is C#CC(C)(C)C1C[C]1C. The summed E-state index contributed by atoms with van der Waals surface area (Å²) in [6.45, 7) is 6.45. The molecule has 0 heterocycles. The maximum atomic E-state index is 5.35. The van der Waals surface area contributed by atoms with Gasteiger partial charge in [0.2, 0.25) is 0 Å². The van der Waals surface area contributed by atoms with Gasteiger partial charge < -0.3 is 0 Å².